The fourth-order valence-corrected chi connectivity index (χ4v) is 2.41. The third-order valence-corrected chi connectivity index (χ3v) is 3.76. The molecule has 2 N–H and O–H groups in total. The topological polar surface area (TPSA) is 66.0 Å². The number of rotatable bonds is 2. The molecular weight excluding hydrogens is 333 g/mol. The molecule has 0 aliphatic carbocycles. The van der Waals surface area contributed by atoms with Crippen LogP contribution in [0.1, 0.15) is 11.1 Å². The molecular formula is C18H13F3N2O2. The van der Waals surface area contributed by atoms with Crippen molar-refractivity contribution in [3.63, 3.8) is 0 Å². The molecule has 7 heteroatoms. The van der Waals surface area contributed by atoms with Crippen LogP contribution in [0.4, 0.5) is 13.2 Å². The number of halogens is 3. The SMILES string of the molecule is Cc1cc(-c2cc(-c3ccc(C(F)(F)F)cc3)[nH]c(=O)n2)ccc1O. The Morgan fingerprint density at radius 3 is 2.24 bits per heavy atom. The van der Waals surface area contributed by atoms with Crippen LogP contribution in [-0.4, -0.2) is 15.1 Å². The van der Waals surface area contributed by atoms with Crippen molar-refractivity contribution in [2.24, 2.45) is 0 Å². The first-order valence-corrected chi connectivity index (χ1v) is 7.33. The Hall–Kier alpha value is -3.09. The summed E-state index contributed by atoms with van der Waals surface area (Å²) in [6, 6.07) is 10.9. The second-order valence-corrected chi connectivity index (χ2v) is 5.56. The number of nitrogens with one attached hydrogen (secondary N) is 1. The van der Waals surface area contributed by atoms with E-state index < -0.39 is 17.4 Å². The van der Waals surface area contributed by atoms with E-state index >= 15 is 0 Å². The van der Waals surface area contributed by atoms with Gasteiger partial charge in [-0.25, -0.2) is 4.79 Å². The van der Waals surface area contributed by atoms with E-state index in [1.165, 1.54) is 18.2 Å². The van der Waals surface area contributed by atoms with Gasteiger partial charge in [0.2, 0.25) is 0 Å². The van der Waals surface area contributed by atoms with E-state index in [-0.39, 0.29) is 5.75 Å². The molecule has 25 heavy (non-hydrogen) atoms. The second kappa shape index (κ2) is 6.08. The van der Waals surface area contributed by atoms with Gasteiger partial charge in [0.15, 0.2) is 0 Å². The summed E-state index contributed by atoms with van der Waals surface area (Å²) in [5, 5.41) is 9.59. The van der Waals surface area contributed by atoms with Gasteiger partial charge >= 0.3 is 11.9 Å². The highest BCUT2D eigenvalue weighted by atomic mass is 19.4. The van der Waals surface area contributed by atoms with Crippen molar-refractivity contribution in [3.05, 3.63) is 70.1 Å². The van der Waals surface area contributed by atoms with Crippen molar-refractivity contribution in [1.82, 2.24) is 9.97 Å². The summed E-state index contributed by atoms with van der Waals surface area (Å²) in [4.78, 5) is 18.2. The molecule has 4 nitrogen and oxygen atoms in total. The summed E-state index contributed by atoms with van der Waals surface area (Å²) < 4.78 is 38.0. The third kappa shape index (κ3) is 3.55. The van der Waals surface area contributed by atoms with E-state index in [1.54, 1.807) is 25.1 Å². The summed E-state index contributed by atoms with van der Waals surface area (Å²) in [6.07, 6.45) is -4.42. The van der Waals surface area contributed by atoms with Gasteiger partial charge in [-0.3, -0.25) is 0 Å². The summed E-state index contributed by atoms with van der Waals surface area (Å²) in [6.45, 7) is 1.71. The highest BCUT2D eigenvalue weighted by Crippen LogP contribution is 2.31. The molecule has 0 radical (unpaired) electrons. The minimum absolute atomic E-state index is 0.122. The van der Waals surface area contributed by atoms with Crippen LogP contribution < -0.4 is 5.69 Å². The van der Waals surface area contributed by atoms with E-state index in [1.807, 2.05) is 0 Å². The molecule has 0 spiro atoms. The molecule has 128 valence electrons. The van der Waals surface area contributed by atoms with Crippen LogP contribution in [0, 0.1) is 6.92 Å². The number of hydrogen-bond acceptors (Lipinski definition) is 3. The van der Waals surface area contributed by atoms with Crippen LogP contribution in [0.25, 0.3) is 22.5 Å². The largest absolute Gasteiger partial charge is 0.508 e. The van der Waals surface area contributed by atoms with Crippen LogP contribution in [-0.2, 0) is 6.18 Å². The van der Waals surface area contributed by atoms with Crippen molar-refractivity contribution >= 4 is 0 Å². The predicted molar refractivity (Wildman–Crippen MR) is 87.1 cm³/mol. The standard InChI is InChI=1S/C18H13F3N2O2/c1-10-8-12(4-7-16(10)24)15-9-14(22-17(25)23-15)11-2-5-13(6-3-11)18(19,20)21/h2-9,24H,1H3,(H,22,23,25). The van der Waals surface area contributed by atoms with Gasteiger partial charge in [-0.2, -0.15) is 18.2 Å². The Morgan fingerprint density at radius 2 is 1.64 bits per heavy atom. The summed E-state index contributed by atoms with van der Waals surface area (Å²) >= 11 is 0. The number of phenolic OH excluding ortho intramolecular Hbond substituents is 1. The molecule has 0 bridgehead atoms. The molecule has 3 rings (SSSR count). The lowest BCUT2D eigenvalue weighted by Gasteiger charge is -2.09. The van der Waals surface area contributed by atoms with E-state index in [9.17, 15) is 23.1 Å². The number of aromatic amines is 1. The maximum Gasteiger partial charge on any atom is 0.416 e. The van der Waals surface area contributed by atoms with Crippen LogP contribution >= 0.6 is 0 Å². The third-order valence-electron chi connectivity index (χ3n) is 3.76. The molecule has 0 amide bonds. The van der Waals surface area contributed by atoms with Gasteiger partial charge in [0.05, 0.1) is 17.0 Å². The summed E-state index contributed by atoms with van der Waals surface area (Å²) in [7, 11) is 0. The molecule has 0 atom stereocenters. The van der Waals surface area contributed by atoms with Gasteiger partial charge in [-0.1, -0.05) is 12.1 Å². The van der Waals surface area contributed by atoms with Crippen molar-refractivity contribution in [3.8, 4) is 28.3 Å². The first kappa shape index (κ1) is 16.8. The minimum atomic E-state index is -4.42. The number of alkyl halides is 3. The minimum Gasteiger partial charge on any atom is -0.508 e. The van der Waals surface area contributed by atoms with Gasteiger partial charge in [0, 0.05) is 5.56 Å². The van der Waals surface area contributed by atoms with E-state index in [2.05, 4.69) is 9.97 Å². The average Bonchev–Trinajstić information content (AvgIpc) is 2.56. The first-order chi connectivity index (χ1) is 11.7. The maximum absolute atomic E-state index is 12.7. The maximum atomic E-state index is 12.7. The Morgan fingerprint density at radius 1 is 1.00 bits per heavy atom. The fraction of sp³-hybridized carbons (Fsp3) is 0.111. The predicted octanol–water partition coefficient (Wildman–Crippen LogP) is 4.14. The van der Waals surface area contributed by atoms with Crippen molar-refractivity contribution in [1.29, 1.82) is 0 Å². The number of benzene rings is 2. The molecule has 3 aromatic rings. The Balaban J connectivity index is 2.05. The second-order valence-electron chi connectivity index (χ2n) is 5.56. The summed E-state index contributed by atoms with van der Waals surface area (Å²) in [5.74, 6) is 0.122. The number of hydrogen-bond donors (Lipinski definition) is 2. The molecule has 2 aromatic carbocycles. The molecule has 0 saturated carbocycles. The number of aryl methyl sites for hydroxylation is 1. The zero-order valence-electron chi connectivity index (χ0n) is 13.1. The monoisotopic (exact) mass is 346 g/mol. The normalized spacial score (nSPS) is 11.5. The Labute approximate surface area is 140 Å². The van der Waals surface area contributed by atoms with Gasteiger partial charge in [-0.15, -0.1) is 0 Å². The first-order valence-electron chi connectivity index (χ1n) is 7.33. The number of H-pyrrole nitrogens is 1. The molecule has 0 unspecified atom stereocenters. The average molecular weight is 346 g/mol. The number of aromatic hydroxyl groups is 1. The summed E-state index contributed by atoms with van der Waals surface area (Å²) in [5.41, 5.74) is 1.02. The van der Waals surface area contributed by atoms with E-state index in [0.717, 1.165) is 12.1 Å². The van der Waals surface area contributed by atoms with Crippen LogP contribution in [0.15, 0.2) is 53.3 Å². The molecule has 0 aliphatic heterocycles. The zero-order chi connectivity index (χ0) is 18.2. The highest BCUT2D eigenvalue weighted by Gasteiger charge is 2.30. The lowest BCUT2D eigenvalue weighted by molar-refractivity contribution is -0.137. The van der Waals surface area contributed by atoms with Crippen molar-refractivity contribution in [2.45, 2.75) is 13.1 Å². The lowest BCUT2D eigenvalue weighted by Crippen LogP contribution is -2.12. The number of phenols is 1. The van der Waals surface area contributed by atoms with Crippen molar-refractivity contribution in [2.75, 3.05) is 0 Å². The van der Waals surface area contributed by atoms with Gasteiger partial charge in [-0.05, 0) is 54.4 Å². The van der Waals surface area contributed by atoms with Crippen LogP contribution in [0.2, 0.25) is 0 Å². The quantitative estimate of drug-likeness (QED) is 0.733. The van der Waals surface area contributed by atoms with Gasteiger partial charge in [0.1, 0.15) is 5.75 Å². The number of aromatic nitrogens is 2. The molecule has 0 fully saturated rings. The van der Waals surface area contributed by atoms with Gasteiger partial charge < -0.3 is 10.1 Å². The Kier molecular flexibility index (Phi) is 4.08. The number of nitrogens with zero attached hydrogens (tertiary/aromatic N) is 1. The molecule has 0 saturated heterocycles. The lowest BCUT2D eigenvalue weighted by atomic mass is 10.0. The molecule has 1 heterocycles. The van der Waals surface area contributed by atoms with Gasteiger partial charge in [0.25, 0.3) is 0 Å². The molecule has 1 aromatic heterocycles. The smallest absolute Gasteiger partial charge is 0.416 e. The van der Waals surface area contributed by atoms with Crippen LogP contribution in [0.3, 0.4) is 0 Å². The zero-order valence-corrected chi connectivity index (χ0v) is 13.1. The molecule has 0 aliphatic rings. The Bertz CT molecular complexity index is 977. The van der Waals surface area contributed by atoms with E-state index in [0.29, 0.717) is 28.1 Å². The highest BCUT2D eigenvalue weighted by molar-refractivity contribution is 5.68. The fourth-order valence-electron chi connectivity index (χ4n) is 2.41. The van der Waals surface area contributed by atoms with Crippen molar-refractivity contribution < 1.29 is 18.3 Å². The van der Waals surface area contributed by atoms with Crippen LogP contribution in [0.5, 0.6) is 5.75 Å². The van der Waals surface area contributed by atoms with E-state index in [4.69, 9.17) is 0 Å².